The lowest BCUT2D eigenvalue weighted by atomic mass is 9.99. The number of anilines is 1. The van der Waals surface area contributed by atoms with E-state index >= 15 is 0 Å². The minimum Gasteiger partial charge on any atom is -0.381 e. The monoisotopic (exact) mass is 327 g/mol. The Morgan fingerprint density at radius 2 is 2.05 bits per heavy atom. The summed E-state index contributed by atoms with van der Waals surface area (Å²) >= 11 is 0. The highest BCUT2D eigenvalue weighted by Gasteiger charge is 2.28. The normalized spacial score (nSPS) is 17.5. The lowest BCUT2D eigenvalue weighted by Crippen LogP contribution is -2.42. The van der Waals surface area contributed by atoms with Crippen molar-refractivity contribution in [3.63, 3.8) is 0 Å². The first-order chi connectivity index (χ1) is 10.5. The van der Waals surface area contributed by atoms with Crippen molar-refractivity contribution in [2.45, 2.75) is 33.1 Å². The molecule has 1 aliphatic heterocycles. The van der Waals surface area contributed by atoms with Crippen molar-refractivity contribution in [3.8, 4) is 0 Å². The van der Waals surface area contributed by atoms with Gasteiger partial charge in [0.1, 0.15) is 5.82 Å². The zero-order valence-corrected chi connectivity index (χ0v) is 14.1. The van der Waals surface area contributed by atoms with E-state index in [4.69, 9.17) is 4.74 Å². The first-order valence-corrected chi connectivity index (χ1v) is 9.30. The molecule has 1 saturated heterocycles. The second-order valence-electron chi connectivity index (χ2n) is 5.48. The summed E-state index contributed by atoms with van der Waals surface area (Å²) in [5, 5.41) is 0. The number of aromatic nitrogens is 1. The molecule has 1 aromatic heterocycles. The summed E-state index contributed by atoms with van der Waals surface area (Å²) < 4.78 is 34.3. The van der Waals surface area contributed by atoms with Crippen LogP contribution in [0.1, 0.15) is 32.4 Å². The maximum absolute atomic E-state index is 12.4. The molecule has 0 saturated carbocycles. The Balaban J connectivity index is 1.93. The predicted molar refractivity (Wildman–Crippen MR) is 86.9 cm³/mol. The van der Waals surface area contributed by atoms with Crippen LogP contribution >= 0.6 is 0 Å². The van der Waals surface area contributed by atoms with Crippen LogP contribution in [0.4, 0.5) is 5.82 Å². The van der Waals surface area contributed by atoms with Gasteiger partial charge in [-0.1, -0.05) is 13.0 Å². The molecule has 1 N–H and O–H groups in total. The summed E-state index contributed by atoms with van der Waals surface area (Å²) in [6.45, 7) is 6.45. The van der Waals surface area contributed by atoms with E-state index in [1.807, 2.05) is 26.0 Å². The molecule has 124 valence electrons. The molecule has 7 heteroatoms. The molecule has 1 fully saturated rings. The molecule has 1 aromatic rings. The molecular formula is C15H25N3O3S. The predicted octanol–water partition coefficient (Wildman–Crippen LogP) is 2.05. The number of rotatable bonds is 7. The third kappa shape index (κ3) is 4.66. The van der Waals surface area contributed by atoms with Gasteiger partial charge in [0.05, 0.1) is 0 Å². The summed E-state index contributed by atoms with van der Waals surface area (Å²) in [5.41, 5.74) is 0.871. The maximum atomic E-state index is 12.4. The van der Waals surface area contributed by atoms with Crippen LogP contribution in [0.5, 0.6) is 0 Å². The summed E-state index contributed by atoms with van der Waals surface area (Å²) in [5.74, 6) is 0.837. The topological polar surface area (TPSA) is 71.5 Å². The summed E-state index contributed by atoms with van der Waals surface area (Å²) in [6.07, 6.45) is 2.45. The number of hydrogen-bond acceptors (Lipinski definition) is 4. The fourth-order valence-corrected chi connectivity index (χ4v) is 3.73. The van der Waals surface area contributed by atoms with Crippen LogP contribution < -0.4 is 4.72 Å². The fraction of sp³-hybridized carbons (Fsp3) is 0.667. The van der Waals surface area contributed by atoms with Crippen LogP contribution in [0.15, 0.2) is 18.2 Å². The Hall–Kier alpha value is -1.18. The number of pyridine rings is 1. The Kier molecular flexibility index (Phi) is 6.16. The van der Waals surface area contributed by atoms with Gasteiger partial charge < -0.3 is 4.74 Å². The third-order valence-corrected chi connectivity index (χ3v) is 5.39. The number of piperidine rings is 1. The van der Waals surface area contributed by atoms with E-state index in [0.717, 1.165) is 31.6 Å². The van der Waals surface area contributed by atoms with E-state index in [2.05, 4.69) is 9.71 Å². The smallest absolute Gasteiger partial charge is 0.302 e. The highest BCUT2D eigenvalue weighted by molar-refractivity contribution is 7.90. The second-order valence-corrected chi connectivity index (χ2v) is 7.15. The second kappa shape index (κ2) is 7.89. The molecule has 22 heavy (non-hydrogen) atoms. The van der Waals surface area contributed by atoms with Crippen LogP contribution in [0.2, 0.25) is 0 Å². The van der Waals surface area contributed by atoms with Crippen LogP contribution in [0, 0.1) is 5.92 Å². The molecule has 0 aliphatic carbocycles. The van der Waals surface area contributed by atoms with Crippen molar-refractivity contribution < 1.29 is 13.2 Å². The molecule has 0 amide bonds. The largest absolute Gasteiger partial charge is 0.381 e. The summed E-state index contributed by atoms with van der Waals surface area (Å²) in [6, 6.07) is 5.38. The van der Waals surface area contributed by atoms with Crippen LogP contribution in [-0.4, -0.2) is 44.0 Å². The first-order valence-electron chi connectivity index (χ1n) is 7.86. The van der Waals surface area contributed by atoms with Crippen molar-refractivity contribution in [2.75, 3.05) is 31.0 Å². The van der Waals surface area contributed by atoms with Crippen molar-refractivity contribution in [1.29, 1.82) is 0 Å². The van der Waals surface area contributed by atoms with Crippen LogP contribution in [-0.2, 0) is 21.4 Å². The molecule has 0 bridgehead atoms. The van der Waals surface area contributed by atoms with Crippen molar-refractivity contribution in [3.05, 3.63) is 23.9 Å². The first kappa shape index (κ1) is 17.2. The average molecular weight is 327 g/mol. The number of aryl methyl sites for hydroxylation is 1. The van der Waals surface area contributed by atoms with Gasteiger partial charge in [0, 0.05) is 32.0 Å². The molecule has 0 unspecified atom stereocenters. The number of nitrogens with one attached hydrogen (secondary N) is 1. The molecule has 2 heterocycles. The lowest BCUT2D eigenvalue weighted by Gasteiger charge is -2.30. The molecule has 0 spiro atoms. The molecule has 0 aromatic carbocycles. The van der Waals surface area contributed by atoms with E-state index in [9.17, 15) is 8.42 Å². The van der Waals surface area contributed by atoms with E-state index in [-0.39, 0.29) is 0 Å². The van der Waals surface area contributed by atoms with Crippen molar-refractivity contribution in [2.24, 2.45) is 5.92 Å². The zero-order valence-electron chi connectivity index (χ0n) is 13.3. The number of nitrogens with zero attached hydrogens (tertiary/aromatic N) is 2. The number of hydrogen-bond donors (Lipinski definition) is 1. The van der Waals surface area contributed by atoms with Crippen molar-refractivity contribution in [1.82, 2.24) is 9.29 Å². The Bertz CT molecular complexity index is 569. The van der Waals surface area contributed by atoms with Gasteiger partial charge in [-0.15, -0.1) is 0 Å². The standard InChI is InChI=1S/C15H25N3O3S/c1-3-14-6-5-7-15(16-14)17-22(19,20)18-10-8-13(9-11-18)12-21-4-2/h5-7,13H,3-4,8-12H2,1-2H3,(H,16,17). The maximum Gasteiger partial charge on any atom is 0.302 e. The summed E-state index contributed by atoms with van der Waals surface area (Å²) in [4.78, 5) is 4.29. The van der Waals surface area contributed by atoms with Gasteiger partial charge in [0.25, 0.3) is 0 Å². The Morgan fingerprint density at radius 3 is 2.68 bits per heavy atom. The van der Waals surface area contributed by atoms with Gasteiger partial charge in [0.2, 0.25) is 0 Å². The quantitative estimate of drug-likeness (QED) is 0.832. The summed E-state index contributed by atoms with van der Waals surface area (Å²) in [7, 11) is -3.53. The minimum atomic E-state index is -3.53. The molecule has 0 atom stereocenters. The van der Waals surface area contributed by atoms with Crippen LogP contribution in [0.3, 0.4) is 0 Å². The average Bonchev–Trinajstić information content (AvgIpc) is 2.53. The highest BCUT2D eigenvalue weighted by atomic mass is 32.2. The lowest BCUT2D eigenvalue weighted by molar-refractivity contribution is 0.0884. The fourth-order valence-electron chi connectivity index (χ4n) is 2.53. The number of ether oxygens (including phenoxy) is 1. The van der Waals surface area contributed by atoms with Gasteiger partial charge in [-0.2, -0.15) is 12.7 Å². The molecule has 0 radical (unpaired) electrons. The van der Waals surface area contributed by atoms with Gasteiger partial charge in [-0.25, -0.2) is 4.98 Å². The minimum absolute atomic E-state index is 0.385. The molecule has 2 rings (SSSR count). The Morgan fingerprint density at radius 1 is 1.32 bits per heavy atom. The SMILES string of the molecule is CCOCC1CCN(S(=O)(=O)Nc2cccc(CC)n2)CC1. The van der Waals surface area contributed by atoms with Crippen LogP contribution in [0.25, 0.3) is 0 Å². The Labute approximate surface area is 133 Å². The van der Waals surface area contributed by atoms with E-state index in [1.54, 1.807) is 6.07 Å². The van der Waals surface area contributed by atoms with Gasteiger partial charge >= 0.3 is 10.2 Å². The van der Waals surface area contributed by atoms with E-state index < -0.39 is 10.2 Å². The van der Waals surface area contributed by atoms with Gasteiger partial charge in [-0.05, 0) is 44.2 Å². The van der Waals surface area contributed by atoms with Crippen molar-refractivity contribution >= 4 is 16.0 Å². The van der Waals surface area contributed by atoms with Gasteiger partial charge in [-0.3, -0.25) is 4.72 Å². The third-order valence-electron chi connectivity index (χ3n) is 3.87. The van der Waals surface area contributed by atoms with Gasteiger partial charge in [0.15, 0.2) is 0 Å². The highest BCUT2D eigenvalue weighted by Crippen LogP contribution is 2.21. The molecular weight excluding hydrogens is 302 g/mol. The molecule has 6 nitrogen and oxygen atoms in total. The molecule has 1 aliphatic rings. The zero-order chi connectivity index (χ0) is 16.0. The van der Waals surface area contributed by atoms with E-state index in [1.165, 1.54) is 4.31 Å². The van der Waals surface area contributed by atoms with E-state index in [0.29, 0.717) is 31.4 Å².